The number of aromatic carboxylic acids is 1. The van der Waals surface area contributed by atoms with Crippen LogP contribution in [0.1, 0.15) is 20.8 Å². The molecular formula is C12H8FN3O3. The van der Waals surface area contributed by atoms with E-state index in [1.165, 1.54) is 30.5 Å². The first kappa shape index (κ1) is 12.6. The van der Waals surface area contributed by atoms with Crippen LogP contribution in [0.25, 0.3) is 0 Å². The van der Waals surface area contributed by atoms with Gasteiger partial charge in [-0.1, -0.05) is 6.07 Å². The van der Waals surface area contributed by atoms with Gasteiger partial charge in [-0.3, -0.25) is 9.78 Å². The standard InChI is InChI=1S/C12H8FN3O3/c13-8-6-14-5-4-7(8)11(17)16-10-3-1-2-9(15-10)12(18)19/h1-6H,(H,18,19)(H,15,16,17). The summed E-state index contributed by atoms with van der Waals surface area (Å²) in [6.07, 6.45) is 2.19. The molecule has 0 fully saturated rings. The van der Waals surface area contributed by atoms with Crippen molar-refractivity contribution >= 4 is 17.7 Å². The van der Waals surface area contributed by atoms with E-state index in [1.807, 2.05) is 0 Å². The van der Waals surface area contributed by atoms with Crippen molar-refractivity contribution in [3.8, 4) is 0 Å². The Balaban J connectivity index is 2.22. The van der Waals surface area contributed by atoms with Crippen LogP contribution in [0.2, 0.25) is 0 Å². The predicted molar refractivity (Wildman–Crippen MR) is 63.3 cm³/mol. The summed E-state index contributed by atoms with van der Waals surface area (Å²) in [5, 5.41) is 11.1. The number of halogens is 1. The van der Waals surface area contributed by atoms with Crippen LogP contribution in [-0.2, 0) is 0 Å². The van der Waals surface area contributed by atoms with Gasteiger partial charge in [0.05, 0.1) is 11.8 Å². The van der Waals surface area contributed by atoms with Crippen LogP contribution in [0.4, 0.5) is 10.2 Å². The van der Waals surface area contributed by atoms with E-state index in [9.17, 15) is 14.0 Å². The molecule has 0 spiro atoms. The van der Waals surface area contributed by atoms with E-state index in [4.69, 9.17) is 5.11 Å². The van der Waals surface area contributed by atoms with E-state index in [0.717, 1.165) is 6.20 Å². The van der Waals surface area contributed by atoms with Gasteiger partial charge in [-0.15, -0.1) is 0 Å². The second kappa shape index (κ2) is 5.21. The van der Waals surface area contributed by atoms with Crippen molar-refractivity contribution in [3.05, 3.63) is 53.7 Å². The van der Waals surface area contributed by atoms with Gasteiger partial charge in [-0.25, -0.2) is 14.2 Å². The maximum atomic E-state index is 13.3. The van der Waals surface area contributed by atoms with E-state index in [1.54, 1.807) is 0 Å². The number of aromatic nitrogens is 2. The molecule has 19 heavy (non-hydrogen) atoms. The van der Waals surface area contributed by atoms with E-state index in [0.29, 0.717) is 0 Å². The highest BCUT2D eigenvalue weighted by Gasteiger charge is 2.13. The van der Waals surface area contributed by atoms with Crippen LogP contribution < -0.4 is 5.32 Å². The first-order valence-corrected chi connectivity index (χ1v) is 5.19. The van der Waals surface area contributed by atoms with E-state index < -0.39 is 17.7 Å². The number of amides is 1. The van der Waals surface area contributed by atoms with Gasteiger partial charge in [0.2, 0.25) is 0 Å². The molecule has 2 aromatic heterocycles. The van der Waals surface area contributed by atoms with Crippen molar-refractivity contribution in [2.24, 2.45) is 0 Å². The number of nitrogens with zero attached hydrogens (tertiary/aromatic N) is 2. The van der Waals surface area contributed by atoms with Gasteiger partial charge >= 0.3 is 5.97 Å². The third-order valence-electron chi connectivity index (χ3n) is 2.23. The lowest BCUT2D eigenvalue weighted by Gasteiger charge is -2.05. The van der Waals surface area contributed by atoms with Crippen LogP contribution >= 0.6 is 0 Å². The number of hydrogen-bond acceptors (Lipinski definition) is 4. The Kier molecular flexibility index (Phi) is 3.46. The molecule has 96 valence electrons. The molecular weight excluding hydrogens is 253 g/mol. The average molecular weight is 261 g/mol. The van der Waals surface area contributed by atoms with Crippen LogP contribution in [0, 0.1) is 5.82 Å². The van der Waals surface area contributed by atoms with Crippen molar-refractivity contribution in [2.45, 2.75) is 0 Å². The molecule has 0 atom stereocenters. The summed E-state index contributed by atoms with van der Waals surface area (Å²) in [6, 6.07) is 5.33. The quantitative estimate of drug-likeness (QED) is 0.874. The van der Waals surface area contributed by atoms with Crippen LogP contribution in [-0.4, -0.2) is 27.0 Å². The average Bonchev–Trinajstić information content (AvgIpc) is 2.39. The fourth-order valence-corrected chi connectivity index (χ4v) is 1.37. The van der Waals surface area contributed by atoms with Gasteiger partial charge < -0.3 is 10.4 Å². The van der Waals surface area contributed by atoms with E-state index >= 15 is 0 Å². The smallest absolute Gasteiger partial charge is 0.354 e. The van der Waals surface area contributed by atoms with E-state index in [-0.39, 0.29) is 17.1 Å². The largest absolute Gasteiger partial charge is 0.477 e. The Hall–Kier alpha value is -2.83. The maximum absolute atomic E-state index is 13.3. The molecule has 1 amide bonds. The summed E-state index contributed by atoms with van der Waals surface area (Å²) in [6.45, 7) is 0. The Morgan fingerprint density at radius 3 is 2.74 bits per heavy atom. The topological polar surface area (TPSA) is 92.2 Å². The third kappa shape index (κ3) is 2.89. The summed E-state index contributed by atoms with van der Waals surface area (Å²) < 4.78 is 13.3. The van der Waals surface area contributed by atoms with Gasteiger partial charge in [0, 0.05) is 6.20 Å². The molecule has 0 unspecified atom stereocenters. The minimum Gasteiger partial charge on any atom is -0.477 e. The summed E-state index contributed by atoms with van der Waals surface area (Å²) in [7, 11) is 0. The highest BCUT2D eigenvalue weighted by Crippen LogP contribution is 2.10. The third-order valence-corrected chi connectivity index (χ3v) is 2.23. The predicted octanol–water partition coefficient (Wildman–Crippen LogP) is 1.57. The summed E-state index contributed by atoms with van der Waals surface area (Å²) in [5.74, 6) is -2.68. The molecule has 0 aliphatic heterocycles. The summed E-state index contributed by atoms with van der Waals surface area (Å²) >= 11 is 0. The number of rotatable bonds is 3. The number of carboxylic acids is 1. The lowest BCUT2D eigenvalue weighted by molar-refractivity contribution is 0.0690. The molecule has 2 heterocycles. The number of nitrogens with one attached hydrogen (secondary N) is 1. The second-order valence-corrected chi connectivity index (χ2v) is 3.52. The zero-order valence-corrected chi connectivity index (χ0v) is 9.50. The fourth-order valence-electron chi connectivity index (χ4n) is 1.37. The zero-order chi connectivity index (χ0) is 13.8. The number of carbonyl (C=O) groups is 2. The van der Waals surface area contributed by atoms with E-state index in [2.05, 4.69) is 15.3 Å². The Morgan fingerprint density at radius 2 is 2.05 bits per heavy atom. The van der Waals surface area contributed by atoms with Crippen molar-refractivity contribution in [1.29, 1.82) is 0 Å². The summed E-state index contributed by atoms with van der Waals surface area (Å²) in [4.78, 5) is 29.7. The first-order valence-electron chi connectivity index (χ1n) is 5.19. The fraction of sp³-hybridized carbons (Fsp3) is 0. The summed E-state index contributed by atoms with van der Waals surface area (Å²) in [5.41, 5.74) is -0.412. The van der Waals surface area contributed by atoms with Crippen LogP contribution in [0.5, 0.6) is 0 Å². The number of anilines is 1. The highest BCUT2D eigenvalue weighted by atomic mass is 19.1. The van der Waals surface area contributed by atoms with Crippen LogP contribution in [0.3, 0.4) is 0 Å². The van der Waals surface area contributed by atoms with Crippen molar-refractivity contribution in [2.75, 3.05) is 5.32 Å². The molecule has 0 aliphatic carbocycles. The minimum absolute atomic E-state index is 0.0288. The monoisotopic (exact) mass is 261 g/mol. The molecule has 0 bridgehead atoms. The van der Waals surface area contributed by atoms with Gasteiger partial charge in [0.15, 0.2) is 11.5 Å². The first-order chi connectivity index (χ1) is 9.08. The zero-order valence-electron chi connectivity index (χ0n) is 9.50. The molecule has 0 radical (unpaired) electrons. The molecule has 6 nitrogen and oxygen atoms in total. The van der Waals surface area contributed by atoms with Crippen LogP contribution in [0.15, 0.2) is 36.7 Å². The minimum atomic E-state index is -1.22. The Labute approximate surface area is 106 Å². The SMILES string of the molecule is O=C(O)c1cccc(NC(=O)c2ccncc2F)n1. The normalized spacial score (nSPS) is 9.95. The Morgan fingerprint density at radius 1 is 1.26 bits per heavy atom. The highest BCUT2D eigenvalue weighted by molar-refractivity contribution is 6.04. The lowest BCUT2D eigenvalue weighted by Crippen LogP contribution is -2.15. The molecule has 0 aliphatic rings. The molecule has 0 aromatic carbocycles. The van der Waals surface area contributed by atoms with Crippen molar-refractivity contribution in [3.63, 3.8) is 0 Å². The van der Waals surface area contributed by atoms with Crippen molar-refractivity contribution in [1.82, 2.24) is 9.97 Å². The van der Waals surface area contributed by atoms with Gasteiger partial charge in [0.1, 0.15) is 5.82 Å². The van der Waals surface area contributed by atoms with Gasteiger partial charge in [0.25, 0.3) is 5.91 Å². The van der Waals surface area contributed by atoms with Gasteiger partial charge in [-0.05, 0) is 18.2 Å². The number of carboxylic acid groups (broad SMARTS) is 1. The number of pyridine rings is 2. The molecule has 2 aromatic rings. The van der Waals surface area contributed by atoms with Gasteiger partial charge in [-0.2, -0.15) is 0 Å². The molecule has 0 saturated heterocycles. The Bertz CT molecular complexity index is 646. The number of hydrogen-bond donors (Lipinski definition) is 2. The lowest BCUT2D eigenvalue weighted by atomic mass is 10.2. The molecule has 2 rings (SSSR count). The molecule has 0 saturated carbocycles. The molecule has 7 heteroatoms. The maximum Gasteiger partial charge on any atom is 0.354 e. The second-order valence-electron chi connectivity index (χ2n) is 3.52. The molecule has 2 N–H and O–H groups in total. The number of carbonyl (C=O) groups excluding carboxylic acids is 1. The van der Waals surface area contributed by atoms with Crippen molar-refractivity contribution < 1.29 is 19.1 Å².